The van der Waals surface area contributed by atoms with Gasteiger partial charge >= 0.3 is 0 Å². The maximum atomic E-state index is 11.7. The first-order valence-electron chi connectivity index (χ1n) is 7.35. The van der Waals surface area contributed by atoms with Gasteiger partial charge in [0.1, 0.15) is 11.6 Å². The number of nitrogens with zero attached hydrogens (tertiary/aromatic N) is 1. The minimum Gasteiger partial charge on any atom is -0.367 e. The second-order valence-electron chi connectivity index (χ2n) is 6.19. The fourth-order valence-corrected chi connectivity index (χ4v) is 2.80. The Morgan fingerprint density at radius 2 is 2.11 bits per heavy atom. The topological polar surface area (TPSA) is 57.8 Å². The number of rotatable bonds is 3. The van der Waals surface area contributed by atoms with Crippen molar-refractivity contribution in [3.05, 3.63) is 22.2 Å². The third-order valence-corrected chi connectivity index (χ3v) is 4.35. The van der Waals surface area contributed by atoms with Crippen LogP contribution in [0.1, 0.15) is 58.7 Å². The first-order chi connectivity index (χ1) is 8.97. The van der Waals surface area contributed by atoms with E-state index in [0.29, 0.717) is 12.0 Å². The van der Waals surface area contributed by atoms with Crippen LogP contribution in [0.3, 0.4) is 0 Å². The van der Waals surface area contributed by atoms with Crippen LogP contribution in [0.5, 0.6) is 0 Å². The fraction of sp³-hybridized carbons (Fsp3) is 0.733. The third kappa shape index (κ3) is 3.37. The summed E-state index contributed by atoms with van der Waals surface area (Å²) in [6, 6.07) is 2.00. The summed E-state index contributed by atoms with van der Waals surface area (Å²) in [5.74, 6) is 3.07. The van der Waals surface area contributed by atoms with Gasteiger partial charge in [-0.15, -0.1) is 0 Å². The Labute approximate surface area is 115 Å². The van der Waals surface area contributed by atoms with Crippen LogP contribution in [-0.2, 0) is 0 Å². The summed E-state index contributed by atoms with van der Waals surface area (Å²) in [6.07, 6.45) is 3.72. The van der Waals surface area contributed by atoms with Gasteiger partial charge < -0.3 is 10.3 Å². The van der Waals surface area contributed by atoms with E-state index < -0.39 is 0 Å². The SMILES string of the molecule is CC(C)c1nc(NC2CCCC(C)C2C)cc(=O)[nH]1. The number of aromatic nitrogens is 2. The Bertz CT molecular complexity index is 481. The summed E-state index contributed by atoms with van der Waals surface area (Å²) >= 11 is 0. The number of nitrogens with one attached hydrogen (secondary N) is 2. The van der Waals surface area contributed by atoms with Crippen molar-refractivity contribution in [3.8, 4) is 0 Å². The third-order valence-electron chi connectivity index (χ3n) is 4.35. The highest BCUT2D eigenvalue weighted by molar-refractivity contribution is 5.35. The number of anilines is 1. The Kier molecular flexibility index (Phi) is 4.27. The quantitative estimate of drug-likeness (QED) is 0.881. The Morgan fingerprint density at radius 3 is 2.79 bits per heavy atom. The van der Waals surface area contributed by atoms with Crippen LogP contribution in [0.25, 0.3) is 0 Å². The molecule has 1 heterocycles. The van der Waals surface area contributed by atoms with Crippen LogP contribution in [0.15, 0.2) is 10.9 Å². The van der Waals surface area contributed by atoms with Gasteiger partial charge in [0.05, 0.1) is 0 Å². The monoisotopic (exact) mass is 263 g/mol. The molecule has 4 nitrogen and oxygen atoms in total. The van der Waals surface area contributed by atoms with Crippen molar-refractivity contribution in [3.63, 3.8) is 0 Å². The van der Waals surface area contributed by atoms with Gasteiger partial charge in [-0.25, -0.2) is 4.98 Å². The minimum absolute atomic E-state index is 0.0716. The van der Waals surface area contributed by atoms with Crippen molar-refractivity contribution in [2.24, 2.45) is 11.8 Å². The van der Waals surface area contributed by atoms with Gasteiger partial charge in [0.25, 0.3) is 5.56 Å². The van der Waals surface area contributed by atoms with E-state index in [2.05, 4.69) is 29.1 Å². The molecule has 0 aliphatic heterocycles. The van der Waals surface area contributed by atoms with E-state index in [4.69, 9.17) is 0 Å². The molecule has 0 spiro atoms. The molecule has 0 aromatic carbocycles. The van der Waals surface area contributed by atoms with E-state index >= 15 is 0 Å². The number of hydrogen-bond acceptors (Lipinski definition) is 3. The van der Waals surface area contributed by atoms with Gasteiger partial charge in [0.15, 0.2) is 0 Å². The standard InChI is InChI=1S/C15H25N3O/c1-9(2)15-17-13(8-14(19)18-15)16-12-7-5-6-10(3)11(12)4/h8-12H,5-7H2,1-4H3,(H2,16,17,18,19). The van der Waals surface area contributed by atoms with Crippen molar-refractivity contribution in [2.45, 2.75) is 58.9 Å². The van der Waals surface area contributed by atoms with Gasteiger partial charge in [-0.3, -0.25) is 4.79 Å². The molecule has 0 radical (unpaired) electrons. The van der Waals surface area contributed by atoms with Gasteiger partial charge in [-0.1, -0.05) is 40.5 Å². The molecule has 19 heavy (non-hydrogen) atoms. The minimum atomic E-state index is -0.0716. The van der Waals surface area contributed by atoms with E-state index in [9.17, 15) is 4.79 Å². The summed E-state index contributed by atoms with van der Waals surface area (Å²) < 4.78 is 0. The van der Waals surface area contributed by atoms with Crippen LogP contribution in [0.2, 0.25) is 0 Å². The highest BCUT2D eigenvalue weighted by Gasteiger charge is 2.27. The molecule has 1 aromatic rings. The zero-order valence-electron chi connectivity index (χ0n) is 12.4. The van der Waals surface area contributed by atoms with E-state index in [1.165, 1.54) is 12.8 Å². The molecule has 3 atom stereocenters. The van der Waals surface area contributed by atoms with Crippen molar-refractivity contribution < 1.29 is 0 Å². The fourth-order valence-electron chi connectivity index (χ4n) is 2.80. The molecule has 1 aliphatic carbocycles. The summed E-state index contributed by atoms with van der Waals surface area (Å²) in [5, 5.41) is 3.47. The smallest absolute Gasteiger partial charge is 0.252 e. The lowest BCUT2D eigenvalue weighted by atomic mass is 9.78. The predicted molar refractivity (Wildman–Crippen MR) is 78.5 cm³/mol. The molecule has 0 bridgehead atoms. The zero-order chi connectivity index (χ0) is 14.0. The first kappa shape index (κ1) is 14.1. The second-order valence-corrected chi connectivity index (χ2v) is 6.19. The Balaban J connectivity index is 2.16. The van der Waals surface area contributed by atoms with Crippen LogP contribution >= 0.6 is 0 Å². The van der Waals surface area contributed by atoms with Crippen LogP contribution in [0.4, 0.5) is 5.82 Å². The van der Waals surface area contributed by atoms with Crippen LogP contribution in [0, 0.1) is 11.8 Å². The molecule has 1 fully saturated rings. The highest BCUT2D eigenvalue weighted by Crippen LogP contribution is 2.31. The predicted octanol–water partition coefficient (Wildman–Crippen LogP) is 3.13. The lowest BCUT2D eigenvalue weighted by Gasteiger charge is -2.34. The average molecular weight is 263 g/mol. The van der Waals surface area contributed by atoms with Crippen molar-refractivity contribution >= 4 is 5.82 Å². The van der Waals surface area contributed by atoms with Crippen molar-refractivity contribution in [1.82, 2.24) is 9.97 Å². The molecule has 3 unspecified atom stereocenters. The normalized spacial score (nSPS) is 27.5. The molecule has 1 aliphatic rings. The summed E-state index contributed by atoms with van der Waals surface area (Å²) in [5.41, 5.74) is -0.0716. The second kappa shape index (κ2) is 5.76. The van der Waals surface area contributed by atoms with E-state index in [-0.39, 0.29) is 11.5 Å². The summed E-state index contributed by atoms with van der Waals surface area (Å²) in [6.45, 7) is 8.67. The van der Waals surface area contributed by atoms with Crippen molar-refractivity contribution in [1.29, 1.82) is 0 Å². The number of H-pyrrole nitrogens is 1. The van der Waals surface area contributed by atoms with Crippen LogP contribution in [-0.4, -0.2) is 16.0 Å². The highest BCUT2D eigenvalue weighted by atomic mass is 16.1. The van der Waals surface area contributed by atoms with Crippen LogP contribution < -0.4 is 10.9 Å². The number of hydrogen-bond donors (Lipinski definition) is 2. The summed E-state index contributed by atoms with van der Waals surface area (Å²) in [7, 11) is 0. The van der Waals surface area contributed by atoms with Crippen molar-refractivity contribution in [2.75, 3.05) is 5.32 Å². The van der Waals surface area contributed by atoms with Gasteiger partial charge in [-0.2, -0.15) is 0 Å². The zero-order valence-corrected chi connectivity index (χ0v) is 12.4. The van der Waals surface area contributed by atoms with E-state index in [1.807, 2.05) is 13.8 Å². The Morgan fingerprint density at radius 1 is 1.37 bits per heavy atom. The molecule has 1 saturated carbocycles. The largest absolute Gasteiger partial charge is 0.367 e. The molecule has 106 valence electrons. The van der Waals surface area contributed by atoms with Gasteiger partial charge in [-0.05, 0) is 18.3 Å². The molecule has 0 amide bonds. The summed E-state index contributed by atoms with van der Waals surface area (Å²) in [4.78, 5) is 19.0. The van der Waals surface area contributed by atoms with Gasteiger partial charge in [0, 0.05) is 18.0 Å². The molecule has 2 rings (SSSR count). The van der Waals surface area contributed by atoms with Gasteiger partial charge in [0.2, 0.25) is 0 Å². The first-order valence-corrected chi connectivity index (χ1v) is 7.35. The molecule has 0 saturated heterocycles. The molecule has 4 heteroatoms. The molecular formula is C15H25N3O. The molecule has 2 N–H and O–H groups in total. The lowest BCUT2D eigenvalue weighted by molar-refractivity contribution is 0.253. The van der Waals surface area contributed by atoms with E-state index in [0.717, 1.165) is 24.0 Å². The molecular weight excluding hydrogens is 238 g/mol. The maximum absolute atomic E-state index is 11.7. The number of aromatic amines is 1. The molecule has 1 aromatic heterocycles. The average Bonchev–Trinajstić information content (AvgIpc) is 2.34. The van der Waals surface area contributed by atoms with E-state index in [1.54, 1.807) is 6.07 Å². The Hall–Kier alpha value is -1.32. The lowest BCUT2D eigenvalue weighted by Crippen LogP contribution is -2.35. The maximum Gasteiger partial charge on any atom is 0.252 e.